The number of para-hydroxylation sites is 1. The molecule has 0 spiro atoms. The first-order valence-electron chi connectivity index (χ1n) is 10.3. The van der Waals surface area contributed by atoms with E-state index >= 15 is 0 Å². The van der Waals surface area contributed by atoms with E-state index in [1.54, 1.807) is 11.3 Å². The molecule has 0 bridgehead atoms. The van der Waals surface area contributed by atoms with Crippen molar-refractivity contribution in [1.29, 1.82) is 0 Å². The highest BCUT2D eigenvalue weighted by Gasteiger charge is 2.25. The van der Waals surface area contributed by atoms with Crippen molar-refractivity contribution in [2.24, 2.45) is 0 Å². The molecule has 1 N–H and O–H groups in total. The molecule has 1 aliphatic rings. The minimum atomic E-state index is -0.518. The van der Waals surface area contributed by atoms with Crippen molar-refractivity contribution >= 4 is 21.6 Å². The predicted molar refractivity (Wildman–Crippen MR) is 117 cm³/mol. The van der Waals surface area contributed by atoms with Crippen LogP contribution in [0.15, 0.2) is 48.5 Å². The van der Waals surface area contributed by atoms with Gasteiger partial charge in [-0.05, 0) is 62.7 Å². The van der Waals surface area contributed by atoms with Crippen molar-refractivity contribution in [3.63, 3.8) is 0 Å². The molecule has 2 aromatic carbocycles. The first-order chi connectivity index (χ1) is 14.2. The maximum absolute atomic E-state index is 10.5. The summed E-state index contributed by atoms with van der Waals surface area (Å²) in [5.74, 6) is 2.02. The second-order valence-electron chi connectivity index (χ2n) is 7.49. The lowest BCUT2D eigenvalue weighted by atomic mass is 9.98. The molecule has 0 radical (unpaired) electrons. The van der Waals surface area contributed by atoms with Crippen LogP contribution in [-0.2, 0) is 0 Å². The summed E-state index contributed by atoms with van der Waals surface area (Å²) >= 11 is 1.80. The van der Waals surface area contributed by atoms with Crippen LogP contribution in [0.5, 0.6) is 11.5 Å². The SMILES string of the molecule is CCOc1ccc(OCC(O)CN2CCCC(c3nc4ccccc4s3)C2)cc1. The van der Waals surface area contributed by atoms with Gasteiger partial charge in [0.1, 0.15) is 24.2 Å². The van der Waals surface area contributed by atoms with Gasteiger partial charge >= 0.3 is 0 Å². The van der Waals surface area contributed by atoms with Crippen LogP contribution >= 0.6 is 11.3 Å². The number of aliphatic hydroxyl groups is 1. The monoisotopic (exact) mass is 412 g/mol. The van der Waals surface area contributed by atoms with E-state index in [0.29, 0.717) is 19.1 Å². The average Bonchev–Trinajstić information content (AvgIpc) is 3.18. The average molecular weight is 413 g/mol. The minimum Gasteiger partial charge on any atom is -0.494 e. The highest BCUT2D eigenvalue weighted by atomic mass is 32.1. The number of fused-ring (bicyclic) bond motifs is 1. The van der Waals surface area contributed by atoms with Crippen LogP contribution in [0.1, 0.15) is 30.7 Å². The molecule has 1 fully saturated rings. The van der Waals surface area contributed by atoms with Crippen molar-refractivity contribution in [3.05, 3.63) is 53.5 Å². The lowest BCUT2D eigenvalue weighted by molar-refractivity contribution is 0.0583. The van der Waals surface area contributed by atoms with Crippen LogP contribution in [-0.4, -0.2) is 53.9 Å². The highest BCUT2D eigenvalue weighted by Crippen LogP contribution is 2.33. The van der Waals surface area contributed by atoms with E-state index in [-0.39, 0.29) is 6.61 Å². The van der Waals surface area contributed by atoms with Gasteiger partial charge in [0.25, 0.3) is 0 Å². The van der Waals surface area contributed by atoms with E-state index in [1.165, 1.54) is 9.71 Å². The van der Waals surface area contributed by atoms with Gasteiger partial charge in [-0.3, -0.25) is 4.90 Å². The number of hydrogen-bond acceptors (Lipinski definition) is 6. The number of β-amino-alcohol motifs (C(OH)–C–C–N with tert-alkyl or cyclic N) is 1. The third-order valence-electron chi connectivity index (χ3n) is 5.21. The number of piperidine rings is 1. The minimum absolute atomic E-state index is 0.288. The van der Waals surface area contributed by atoms with Crippen molar-refractivity contribution in [2.45, 2.75) is 31.8 Å². The molecule has 154 valence electrons. The Bertz CT molecular complexity index is 879. The first kappa shape index (κ1) is 20.1. The summed E-state index contributed by atoms with van der Waals surface area (Å²) in [4.78, 5) is 7.18. The Morgan fingerprint density at radius 2 is 1.90 bits per heavy atom. The van der Waals surface area contributed by atoms with E-state index in [0.717, 1.165) is 42.9 Å². The van der Waals surface area contributed by atoms with E-state index in [4.69, 9.17) is 14.5 Å². The van der Waals surface area contributed by atoms with Crippen LogP contribution in [0, 0.1) is 0 Å². The molecule has 5 nitrogen and oxygen atoms in total. The summed E-state index contributed by atoms with van der Waals surface area (Å²) in [5, 5.41) is 11.7. The van der Waals surface area contributed by atoms with Crippen LogP contribution in [0.2, 0.25) is 0 Å². The van der Waals surface area contributed by atoms with Gasteiger partial charge in [0.05, 0.1) is 21.8 Å². The Kier molecular flexibility index (Phi) is 6.64. The fraction of sp³-hybridized carbons (Fsp3) is 0.435. The third kappa shape index (κ3) is 5.26. The number of nitrogens with zero attached hydrogens (tertiary/aromatic N) is 2. The molecule has 1 aromatic heterocycles. The maximum Gasteiger partial charge on any atom is 0.119 e. The molecule has 6 heteroatoms. The molecule has 2 unspecified atom stereocenters. The van der Waals surface area contributed by atoms with Crippen LogP contribution in [0.4, 0.5) is 0 Å². The molecule has 2 atom stereocenters. The lowest BCUT2D eigenvalue weighted by Crippen LogP contribution is -2.41. The van der Waals surface area contributed by atoms with Gasteiger partial charge in [-0.15, -0.1) is 11.3 Å². The molecule has 2 heterocycles. The van der Waals surface area contributed by atoms with Crippen molar-refractivity contribution in [3.8, 4) is 11.5 Å². The van der Waals surface area contributed by atoms with Gasteiger partial charge in [-0.1, -0.05) is 12.1 Å². The van der Waals surface area contributed by atoms with Crippen molar-refractivity contribution < 1.29 is 14.6 Å². The van der Waals surface area contributed by atoms with Gasteiger partial charge in [0.15, 0.2) is 0 Å². The predicted octanol–water partition coefficient (Wildman–Crippen LogP) is 4.31. The van der Waals surface area contributed by atoms with Crippen LogP contribution < -0.4 is 9.47 Å². The number of ether oxygens (including phenoxy) is 2. The second kappa shape index (κ2) is 9.57. The van der Waals surface area contributed by atoms with Crippen LogP contribution in [0.25, 0.3) is 10.2 Å². The second-order valence-corrected chi connectivity index (χ2v) is 8.55. The zero-order chi connectivity index (χ0) is 20.1. The Morgan fingerprint density at radius 3 is 2.66 bits per heavy atom. The number of aliphatic hydroxyl groups excluding tert-OH is 1. The zero-order valence-corrected chi connectivity index (χ0v) is 17.6. The molecule has 0 saturated carbocycles. The third-order valence-corrected chi connectivity index (χ3v) is 6.41. The number of aromatic nitrogens is 1. The first-order valence-corrected chi connectivity index (χ1v) is 11.1. The summed E-state index contributed by atoms with van der Waals surface area (Å²) < 4.78 is 12.4. The van der Waals surface area contributed by atoms with Gasteiger partial charge in [-0.2, -0.15) is 0 Å². The quantitative estimate of drug-likeness (QED) is 0.597. The van der Waals surface area contributed by atoms with Crippen LogP contribution in [0.3, 0.4) is 0 Å². The van der Waals surface area contributed by atoms with Gasteiger partial charge in [-0.25, -0.2) is 4.98 Å². The van der Waals surface area contributed by atoms with Crippen molar-refractivity contribution in [1.82, 2.24) is 9.88 Å². The number of thiazole rings is 1. The number of rotatable bonds is 8. The standard InChI is InChI=1S/C23H28N2O3S/c1-2-27-19-9-11-20(12-10-19)28-16-18(26)15-25-13-5-6-17(14-25)23-24-21-7-3-4-8-22(21)29-23/h3-4,7-12,17-18,26H,2,5-6,13-16H2,1H3. The molecule has 4 rings (SSSR count). The molecule has 3 aromatic rings. The van der Waals surface area contributed by atoms with Gasteiger partial charge in [0, 0.05) is 19.0 Å². The smallest absolute Gasteiger partial charge is 0.119 e. The van der Waals surface area contributed by atoms with E-state index < -0.39 is 6.10 Å². The molecular weight excluding hydrogens is 384 g/mol. The molecule has 0 aliphatic carbocycles. The Hall–Kier alpha value is -2.15. The largest absolute Gasteiger partial charge is 0.494 e. The number of likely N-dealkylation sites (tertiary alicyclic amines) is 1. The van der Waals surface area contributed by atoms with E-state index in [2.05, 4.69) is 23.1 Å². The van der Waals surface area contributed by atoms with E-state index in [1.807, 2.05) is 37.3 Å². The fourth-order valence-corrected chi connectivity index (χ4v) is 4.92. The fourth-order valence-electron chi connectivity index (χ4n) is 3.83. The summed E-state index contributed by atoms with van der Waals surface area (Å²) in [6.07, 6.45) is 1.78. The summed E-state index contributed by atoms with van der Waals surface area (Å²) in [6.45, 7) is 5.48. The summed E-state index contributed by atoms with van der Waals surface area (Å²) in [6, 6.07) is 15.9. The van der Waals surface area contributed by atoms with Gasteiger partial charge < -0.3 is 14.6 Å². The zero-order valence-electron chi connectivity index (χ0n) is 16.8. The molecule has 1 saturated heterocycles. The molecule has 0 amide bonds. The van der Waals surface area contributed by atoms with E-state index in [9.17, 15) is 5.11 Å². The molecular formula is C23H28N2O3S. The summed E-state index contributed by atoms with van der Waals surface area (Å²) in [5.41, 5.74) is 1.09. The number of hydrogen-bond donors (Lipinski definition) is 1. The van der Waals surface area contributed by atoms with Gasteiger partial charge in [0.2, 0.25) is 0 Å². The normalized spacial score (nSPS) is 18.6. The maximum atomic E-state index is 10.5. The summed E-state index contributed by atoms with van der Waals surface area (Å²) in [7, 11) is 0. The number of benzene rings is 2. The Labute approximate surface area is 175 Å². The Morgan fingerprint density at radius 1 is 1.14 bits per heavy atom. The molecule has 29 heavy (non-hydrogen) atoms. The lowest BCUT2D eigenvalue weighted by Gasteiger charge is -2.33. The topological polar surface area (TPSA) is 54.8 Å². The van der Waals surface area contributed by atoms with Crippen molar-refractivity contribution in [2.75, 3.05) is 32.8 Å². The Balaban J connectivity index is 1.28. The molecule has 1 aliphatic heterocycles. The highest BCUT2D eigenvalue weighted by molar-refractivity contribution is 7.18.